The zero-order valence-corrected chi connectivity index (χ0v) is 10.0. The van der Waals surface area contributed by atoms with E-state index in [4.69, 9.17) is 0 Å². The van der Waals surface area contributed by atoms with Gasteiger partial charge in [0, 0.05) is 25.7 Å². The van der Waals surface area contributed by atoms with E-state index in [9.17, 15) is 4.39 Å². The van der Waals surface area contributed by atoms with Gasteiger partial charge in [0.05, 0.1) is 0 Å². The Morgan fingerprint density at radius 1 is 1.35 bits per heavy atom. The average Bonchev–Trinajstić information content (AvgIpc) is 2.71. The summed E-state index contributed by atoms with van der Waals surface area (Å²) in [4.78, 5) is 2.45. The summed E-state index contributed by atoms with van der Waals surface area (Å²) >= 11 is 0. The van der Waals surface area contributed by atoms with Crippen LogP contribution in [0.15, 0.2) is 24.3 Å². The minimum absolute atomic E-state index is 0.128. The topological polar surface area (TPSA) is 15.3 Å². The third-order valence-electron chi connectivity index (χ3n) is 3.97. The van der Waals surface area contributed by atoms with Gasteiger partial charge in [-0.2, -0.15) is 0 Å². The predicted molar refractivity (Wildman–Crippen MR) is 66.2 cm³/mol. The quantitative estimate of drug-likeness (QED) is 0.842. The van der Waals surface area contributed by atoms with Gasteiger partial charge in [-0.05, 0) is 43.0 Å². The lowest BCUT2D eigenvalue weighted by Gasteiger charge is -2.24. The second-order valence-corrected chi connectivity index (χ2v) is 5.29. The van der Waals surface area contributed by atoms with Crippen LogP contribution in [0.5, 0.6) is 0 Å². The first-order valence-electron chi connectivity index (χ1n) is 6.51. The van der Waals surface area contributed by atoms with E-state index in [1.165, 1.54) is 18.9 Å². The Balaban J connectivity index is 1.63. The van der Waals surface area contributed by atoms with Gasteiger partial charge in [-0.1, -0.05) is 12.1 Å². The van der Waals surface area contributed by atoms with Crippen LogP contribution in [0, 0.1) is 11.7 Å². The number of halogens is 1. The van der Waals surface area contributed by atoms with Crippen molar-refractivity contribution in [2.75, 3.05) is 19.6 Å². The van der Waals surface area contributed by atoms with Crippen LogP contribution in [0.3, 0.4) is 0 Å². The lowest BCUT2D eigenvalue weighted by atomic mass is 9.94. The van der Waals surface area contributed by atoms with Crippen LogP contribution in [0.1, 0.15) is 18.4 Å². The van der Waals surface area contributed by atoms with E-state index in [2.05, 4.69) is 10.2 Å². The van der Waals surface area contributed by atoms with Crippen LogP contribution in [0.4, 0.5) is 4.39 Å². The van der Waals surface area contributed by atoms with Crippen LogP contribution in [-0.2, 0) is 6.54 Å². The third-order valence-corrected chi connectivity index (χ3v) is 3.97. The van der Waals surface area contributed by atoms with Crippen molar-refractivity contribution in [1.29, 1.82) is 0 Å². The molecule has 2 saturated heterocycles. The van der Waals surface area contributed by atoms with Crippen LogP contribution >= 0.6 is 0 Å². The zero-order chi connectivity index (χ0) is 11.7. The largest absolute Gasteiger partial charge is 0.312 e. The minimum atomic E-state index is -0.128. The second-order valence-electron chi connectivity index (χ2n) is 5.29. The number of fused-ring (bicyclic) bond motifs is 1. The zero-order valence-electron chi connectivity index (χ0n) is 10.0. The van der Waals surface area contributed by atoms with Gasteiger partial charge in [-0.15, -0.1) is 0 Å². The maximum absolute atomic E-state index is 13.1. The highest BCUT2D eigenvalue weighted by atomic mass is 19.1. The Hall–Kier alpha value is -0.930. The van der Waals surface area contributed by atoms with E-state index in [0.29, 0.717) is 6.04 Å². The molecule has 17 heavy (non-hydrogen) atoms. The molecule has 0 bridgehead atoms. The van der Waals surface area contributed by atoms with Gasteiger partial charge >= 0.3 is 0 Å². The molecule has 1 N–H and O–H groups in total. The van der Waals surface area contributed by atoms with Crippen molar-refractivity contribution in [2.24, 2.45) is 5.92 Å². The summed E-state index contributed by atoms with van der Waals surface area (Å²) in [5.41, 5.74) is 1.09. The summed E-state index contributed by atoms with van der Waals surface area (Å²) in [5, 5.41) is 3.59. The summed E-state index contributed by atoms with van der Waals surface area (Å²) in [6.45, 7) is 4.32. The van der Waals surface area contributed by atoms with Crippen LogP contribution in [-0.4, -0.2) is 30.6 Å². The van der Waals surface area contributed by atoms with Gasteiger partial charge in [0.1, 0.15) is 5.82 Å². The number of rotatable bonds is 2. The SMILES string of the molecule is Fc1cccc(CN2C[C@@H]3CCCN[C@@H]3C2)c1. The average molecular weight is 234 g/mol. The van der Waals surface area contributed by atoms with E-state index >= 15 is 0 Å². The highest BCUT2D eigenvalue weighted by Gasteiger charge is 2.33. The molecule has 0 unspecified atom stereocenters. The number of nitrogens with zero attached hydrogens (tertiary/aromatic N) is 1. The predicted octanol–water partition coefficient (Wildman–Crippen LogP) is 2.01. The van der Waals surface area contributed by atoms with Crippen molar-refractivity contribution >= 4 is 0 Å². The molecular formula is C14H19FN2. The van der Waals surface area contributed by atoms with Crippen molar-refractivity contribution in [2.45, 2.75) is 25.4 Å². The number of nitrogens with one attached hydrogen (secondary N) is 1. The summed E-state index contributed by atoms with van der Waals surface area (Å²) in [6, 6.07) is 7.63. The lowest BCUT2D eigenvalue weighted by molar-refractivity contribution is 0.312. The molecule has 1 aromatic carbocycles. The molecule has 0 aromatic heterocycles. The van der Waals surface area contributed by atoms with Crippen LogP contribution < -0.4 is 5.32 Å². The summed E-state index contributed by atoms with van der Waals surface area (Å²) in [6.07, 6.45) is 2.65. The van der Waals surface area contributed by atoms with Gasteiger partial charge in [-0.3, -0.25) is 4.90 Å². The highest BCUT2D eigenvalue weighted by Crippen LogP contribution is 2.26. The molecule has 0 radical (unpaired) electrons. The molecule has 2 aliphatic heterocycles. The molecule has 0 spiro atoms. The first kappa shape index (κ1) is 11.2. The van der Waals surface area contributed by atoms with Crippen molar-refractivity contribution in [3.05, 3.63) is 35.6 Å². The maximum atomic E-state index is 13.1. The lowest BCUT2D eigenvalue weighted by Crippen LogP contribution is -2.40. The highest BCUT2D eigenvalue weighted by molar-refractivity contribution is 5.16. The molecule has 2 nitrogen and oxygen atoms in total. The van der Waals surface area contributed by atoms with Crippen molar-refractivity contribution in [1.82, 2.24) is 10.2 Å². The number of hydrogen-bond acceptors (Lipinski definition) is 2. The van der Waals surface area contributed by atoms with Crippen molar-refractivity contribution in [3.63, 3.8) is 0 Å². The Kier molecular flexibility index (Phi) is 3.12. The molecule has 0 amide bonds. The molecule has 0 aliphatic carbocycles. The molecule has 2 heterocycles. The fraction of sp³-hybridized carbons (Fsp3) is 0.571. The molecule has 2 aliphatic rings. The minimum Gasteiger partial charge on any atom is -0.312 e. The summed E-state index contributed by atoms with van der Waals surface area (Å²) in [7, 11) is 0. The van der Waals surface area contributed by atoms with E-state index in [1.807, 2.05) is 6.07 Å². The first-order chi connectivity index (χ1) is 8.31. The third kappa shape index (κ3) is 2.50. The van der Waals surface area contributed by atoms with E-state index in [0.717, 1.165) is 37.7 Å². The number of likely N-dealkylation sites (tertiary alicyclic amines) is 1. The molecule has 3 heteroatoms. The monoisotopic (exact) mass is 234 g/mol. The van der Waals surface area contributed by atoms with Gasteiger partial charge in [0.15, 0.2) is 0 Å². The number of piperidine rings is 1. The summed E-state index contributed by atoms with van der Waals surface area (Å²) < 4.78 is 13.1. The van der Waals surface area contributed by atoms with E-state index in [1.54, 1.807) is 12.1 Å². The first-order valence-corrected chi connectivity index (χ1v) is 6.51. The van der Waals surface area contributed by atoms with Crippen molar-refractivity contribution in [3.8, 4) is 0 Å². The van der Waals surface area contributed by atoms with Gasteiger partial charge in [0.25, 0.3) is 0 Å². The Labute approximate surface area is 102 Å². The Morgan fingerprint density at radius 2 is 2.29 bits per heavy atom. The molecular weight excluding hydrogens is 215 g/mol. The van der Waals surface area contributed by atoms with E-state index in [-0.39, 0.29) is 5.82 Å². The molecule has 3 rings (SSSR count). The van der Waals surface area contributed by atoms with E-state index < -0.39 is 0 Å². The number of hydrogen-bond donors (Lipinski definition) is 1. The Bertz CT molecular complexity index is 380. The van der Waals surface area contributed by atoms with Gasteiger partial charge in [0.2, 0.25) is 0 Å². The fourth-order valence-electron chi connectivity index (χ4n) is 3.16. The molecule has 2 fully saturated rings. The normalized spacial score (nSPS) is 29.2. The fourth-order valence-corrected chi connectivity index (χ4v) is 3.16. The van der Waals surface area contributed by atoms with Gasteiger partial charge < -0.3 is 5.32 Å². The Morgan fingerprint density at radius 3 is 3.12 bits per heavy atom. The smallest absolute Gasteiger partial charge is 0.123 e. The van der Waals surface area contributed by atoms with Crippen LogP contribution in [0.2, 0.25) is 0 Å². The molecule has 1 aromatic rings. The van der Waals surface area contributed by atoms with Crippen molar-refractivity contribution < 1.29 is 4.39 Å². The van der Waals surface area contributed by atoms with Gasteiger partial charge in [-0.25, -0.2) is 4.39 Å². The standard InChI is InChI=1S/C14H19FN2/c15-13-5-1-3-11(7-13)8-17-9-12-4-2-6-16-14(12)10-17/h1,3,5,7,12,14,16H,2,4,6,8-10H2/t12-,14+/m0/s1. The maximum Gasteiger partial charge on any atom is 0.123 e. The van der Waals surface area contributed by atoms with Crippen LogP contribution in [0.25, 0.3) is 0 Å². The summed E-state index contributed by atoms with van der Waals surface area (Å²) in [5.74, 6) is 0.676. The molecule has 2 atom stereocenters. The molecule has 92 valence electrons. The molecule has 0 saturated carbocycles. The second kappa shape index (κ2) is 4.75. The number of benzene rings is 1.